The van der Waals surface area contributed by atoms with Gasteiger partial charge in [-0.05, 0) is 54.4 Å². The predicted octanol–water partition coefficient (Wildman–Crippen LogP) is 3.95. The zero-order valence-corrected chi connectivity index (χ0v) is 20.1. The molecule has 0 aliphatic heterocycles. The van der Waals surface area contributed by atoms with Crippen LogP contribution in [0.15, 0.2) is 67.1 Å². The van der Waals surface area contributed by atoms with E-state index in [4.69, 9.17) is 0 Å². The first kappa shape index (κ1) is 25.2. The summed E-state index contributed by atoms with van der Waals surface area (Å²) in [4.78, 5) is 20.3. The van der Waals surface area contributed by atoms with Crippen LogP contribution in [0, 0.1) is 6.92 Å². The van der Waals surface area contributed by atoms with Crippen LogP contribution in [0.5, 0.6) is 0 Å². The third-order valence-electron chi connectivity index (χ3n) is 5.34. The number of imidazole rings is 1. The lowest BCUT2D eigenvalue weighted by molar-refractivity contribution is -0.141. The van der Waals surface area contributed by atoms with Crippen LogP contribution in [0.25, 0.3) is 5.65 Å². The van der Waals surface area contributed by atoms with E-state index in [1.807, 2.05) is 29.7 Å². The maximum Gasteiger partial charge on any atom is 0.433 e. The molecular formula is C24H22F3N5O3S. The highest BCUT2D eigenvalue weighted by Crippen LogP contribution is 2.27. The Morgan fingerprint density at radius 2 is 1.78 bits per heavy atom. The minimum atomic E-state index is -4.53. The van der Waals surface area contributed by atoms with Gasteiger partial charge in [0.2, 0.25) is 10.0 Å². The molecule has 3 heterocycles. The summed E-state index contributed by atoms with van der Waals surface area (Å²) in [5.74, 6) is -0.469. The molecule has 1 N–H and O–H groups in total. The van der Waals surface area contributed by atoms with Gasteiger partial charge in [-0.2, -0.15) is 13.2 Å². The van der Waals surface area contributed by atoms with Gasteiger partial charge < -0.3 is 9.72 Å². The van der Waals surface area contributed by atoms with Crippen LogP contribution in [0.2, 0.25) is 0 Å². The lowest BCUT2D eigenvalue weighted by Gasteiger charge is -2.21. The van der Waals surface area contributed by atoms with Crippen LogP contribution in [0.1, 0.15) is 32.9 Å². The number of fused-ring (bicyclic) bond motifs is 1. The first-order chi connectivity index (χ1) is 16.9. The fourth-order valence-electron chi connectivity index (χ4n) is 3.54. The molecule has 0 spiro atoms. The molecule has 0 fully saturated rings. The van der Waals surface area contributed by atoms with E-state index in [0.717, 1.165) is 24.1 Å². The number of halogens is 3. The van der Waals surface area contributed by atoms with E-state index in [9.17, 15) is 26.4 Å². The zero-order valence-electron chi connectivity index (χ0n) is 19.3. The standard InChI is InChI=1S/C24H22F3N5O3S/c1-16-3-10-22-30-19(14-31(22)13-16)15-32(36(2,34)35)20-7-5-18(6-8-20)23(33)29-12-17-4-9-21(28-11-17)24(25,26)27/h3-11,13-14H,12,15H2,1-2H3,(H,29,33). The molecule has 1 amide bonds. The van der Waals surface area contributed by atoms with Gasteiger partial charge in [0.15, 0.2) is 0 Å². The Morgan fingerprint density at radius 1 is 1.06 bits per heavy atom. The minimum Gasteiger partial charge on any atom is -0.348 e. The van der Waals surface area contributed by atoms with Crippen molar-refractivity contribution >= 4 is 27.3 Å². The molecule has 0 aliphatic rings. The average Bonchev–Trinajstić information content (AvgIpc) is 3.22. The molecule has 0 bridgehead atoms. The Balaban J connectivity index is 1.45. The molecule has 0 saturated heterocycles. The molecule has 0 saturated carbocycles. The molecule has 0 aliphatic carbocycles. The van der Waals surface area contributed by atoms with Gasteiger partial charge in [0.1, 0.15) is 11.3 Å². The summed E-state index contributed by atoms with van der Waals surface area (Å²) in [5.41, 5.74) is 2.29. The van der Waals surface area contributed by atoms with E-state index in [2.05, 4.69) is 15.3 Å². The number of pyridine rings is 2. The van der Waals surface area contributed by atoms with Crippen molar-refractivity contribution in [3.05, 3.63) is 95.2 Å². The Morgan fingerprint density at radius 3 is 2.39 bits per heavy atom. The maximum absolute atomic E-state index is 12.6. The van der Waals surface area contributed by atoms with Gasteiger partial charge in [0.05, 0.1) is 24.2 Å². The Hall–Kier alpha value is -3.93. The smallest absolute Gasteiger partial charge is 0.348 e. The second-order valence-electron chi connectivity index (χ2n) is 8.25. The summed E-state index contributed by atoms with van der Waals surface area (Å²) < 4.78 is 65.9. The van der Waals surface area contributed by atoms with Crippen molar-refractivity contribution in [1.82, 2.24) is 19.7 Å². The number of nitrogens with one attached hydrogen (secondary N) is 1. The van der Waals surface area contributed by atoms with E-state index >= 15 is 0 Å². The molecule has 3 aromatic heterocycles. The van der Waals surface area contributed by atoms with Gasteiger partial charge in [-0.25, -0.2) is 13.4 Å². The molecule has 36 heavy (non-hydrogen) atoms. The first-order valence-corrected chi connectivity index (χ1v) is 12.6. The number of amides is 1. The Labute approximate surface area is 205 Å². The van der Waals surface area contributed by atoms with Crippen molar-refractivity contribution in [3.63, 3.8) is 0 Å². The van der Waals surface area contributed by atoms with Crippen molar-refractivity contribution in [2.24, 2.45) is 0 Å². The van der Waals surface area contributed by atoms with Crippen molar-refractivity contribution in [3.8, 4) is 0 Å². The number of carbonyl (C=O) groups is 1. The van der Waals surface area contributed by atoms with Crippen LogP contribution in [-0.4, -0.2) is 34.9 Å². The SMILES string of the molecule is Cc1ccc2nc(CN(c3ccc(C(=O)NCc4ccc(C(F)(F)F)nc4)cc3)S(C)(=O)=O)cn2c1. The van der Waals surface area contributed by atoms with Gasteiger partial charge in [0, 0.05) is 30.7 Å². The van der Waals surface area contributed by atoms with Crippen molar-refractivity contribution < 1.29 is 26.4 Å². The van der Waals surface area contributed by atoms with Gasteiger partial charge in [-0.3, -0.25) is 14.1 Å². The number of rotatable bonds is 7. The van der Waals surface area contributed by atoms with Gasteiger partial charge in [0.25, 0.3) is 5.91 Å². The van der Waals surface area contributed by atoms with Crippen molar-refractivity contribution in [2.75, 3.05) is 10.6 Å². The minimum absolute atomic E-state index is 0.00598. The number of anilines is 1. The summed E-state index contributed by atoms with van der Waals surface area (Å²) in [5, 5.41) is 2.61. The number of carbonyl (C=O) groups excluding carboxylic acids is 1. The Bertz CT molecular complexity index is 1500. The van der Waals surface area contributed by atoms with Crippen LogP contribution in [0.4, 0.5) is 18.9 Å². The highest BCUT2D eigenvalue weighted by atomic mass is 32.2. The normalized spacial score (nSPS) is 12.0. The molecule has 1 aromatic carbocycles. The molecule has 0 unspecified atom stereocenters. The third-order valence-corrected chi connectivity index (χ3v) is 6.48. The van der Waals surface area contributed by atoms with E-state index in [1.54, 1.807) is 6.20 Å². The van der Waals surface area contributed by atoms with Gasteiger partial charge >= 0.3 is 6.18 Å². The second-order valence-corrected chi connectivity index (χ2v) is 10.2. The van der Waals surface area contributed by atoms with Crippen LogP contribution >= 0.6 is 0 Å². The van der Waals surface area contributed by atoms with E-state index in [1.165, 1.54) is 34.6 Å². The van der Waals surface area contributed by atoms with Crippen LogP contribution in [0.3, 0.4) is 0 Å². The topological polar surface area (TPSA) is 96.7 Å². The lowest BCUT2D eigenvalue weighted by Crippen LogP contribution is -2.29. The summed E-state index contributed by atoms with van der Waals surface area (Å²) in [6, 6.07) is 11.8. The number of aromatic nitrogens is 3. The number of benzene rings is 1. The van der Waals surface area contributed by atoms with Gasteiger partial charge in [-0.1, -0.05) is 12.1 Å². The van der Waals surface area contributed by atoms with E-state index in [0.29, 0.717) is 22.6 Å². The molecule has 4 rings (SSSR count). The molecule has 0 atom stereocenters. The number of nitrogens with zero attached hydrogens (tertiary/aromatic N) is 4. The molecule has 8 nitrogen and oxygen atoms in total. The fourth-order valence-corrected chi connectivity index (χ4v) is 4.41. The van der Waals surface area contributed by atoms with Gasteiger partial charge in [-0.15, -0.1) is 0 Å². The third kappa shape index (κ3) is 5.82. The number of sulfonamides is 1. The monoisotopic (exact) mass is 517 g/mol. The quantitative estimate of drug-likeness (QED) is 0.401. The number of aryl methyl sites for hydroxylation is 1. The number of alkyl halides is 3. The molecule has 12 heteroatoms. The predicted molar refractivity (Wildman–Crippen MR) is 128 cm³/mol. The molecular weight excluding hydrogens is 495 g/mol. The van der Waals surface area contributed by atoms with Crippen LogP contribution < -0.4 is 9.62 Å². The molecule has 0 radical (unpaired) electrons. The average molecular weight is 518 g/mol. The highest BCUT2D eigenvalue weighted by Gasteiger charge is 2.32. The zero-order chi connectivity index (χ0) is 26.1. The van der Waals surface area contributed by atoms with E-state index < -0.39 is 27.8 Å². The highest BCUT2D eigenvalue weighted by molar-refractivity contribution is 7.92. The van der Waals surface area contributed by atoms with E-state index in [-0.39, 0.29) is 18.7 Å². The number of hydrogen-bond acceptors (Lipinski definition) is 5. The van der Waals surface area contributed by atoms with Crippen molar-refractivity contribution in [2.45, 2.75) is 26.2 Å². The lowest BCUT2D eigenvalue weighted by atomic mass is 10.2. The first-order valence-electron chi connectivity index (χ1n) is 10.7. The summed E-state index contributed by atoms with van der Waals surface area (Å²) in [6.45, 7) is 1.93. The summed E-state index contributed by atoms with van der Waals surface area (Å²) in [7, 11) is -3.66. The second kappa shape index (κ2) is 9.61. The number of hydrogen-bond donors (Lipinski definition) is 1. The molecule has 188 valence electrons. The molecule has 4 aromatic rings. The fraction of sp³-hybridized carbons (Fsp3) is 0.208. The largest absolute Gasteiger partial charge is 0.433 e. The van der Waals surface area contributed by atoms with Crippen LogP contribution in [-0.2, 0) is 29.3 Å². The summed E-state index contributed by atoms with van der Waals surface area (Å²) >= 11 is 0. The Kier molecular flexibility index (Phi) is 6.72. The van der Waals surface area contributed by atoms with Crippen molar-refractivity contribution in [1.29, 1.82) is 0 Å². The summed E-state index contributed by atoms with van der Waals surface area (Å²) in [6.07, 6.45) is 1.26. The maximum atomic E-state index is 12.6.